The van der Waals surface area contributed by atoms with Crippen molar-refractivity contribution < 1.29 is 14.3 Å². The van der Waals surface area contributed by atoms with Crippen molar-refractivity contribution >= 4 is 23.6 Å². The molecule has 4 rings (SSSR count). The third-order valence-electron chi connectivity index (χ3n) is 5.20. The maximum absolute atomic E-state index is 12.8. The Kier molecular flexibility index (Phi) is 6.16. The number of hydrogen-bond donors (Lipinski definition) is 1. The first-order valence-corrected chi connectivity index (χ1v) is 10.2. The summed E-state index contributed by atoms with van der Waals surface area (Å²) in [6, 6.07) is 17.3. The van der Waals surface area contributed by atoms with Gasteiger partial charge in [0, 0.05) is 0 Å². The summed E-state index contributed by atoms with van der Waals surface area (Å²) in [4.78, 5) is 25.3. The lowest BCUT2D eigenvalue weighted by Gasteiger charge is -2.26. The van der Waals surface area contributed by atoms with E-state index < -0.39 is 5.97 Å². The van der Waals surface area contributed by atoms with E-state index in [0.29, 0.717) is 5.82 Å². The van der Waals surface area contributed by atoms with E-state index in [1.165, 1.54) is 10.2 Å². The maximum Gasteiger partial charge on any atom is 0.357 e. The van der Waals surface area contributed by atoms with Gasteiger partial charge in [0.2, 0.25) is 0 Å². The lowest BCUT2D eigenvalue weighted by molar-refractivity contribution is -0.143. The lowest BCUT2D eigenvalue weighted by Crippen LogP contribution is -2.34. The Labute approximate surface area is 179 Å². The molecule has 8 heteroatoms. The van der Waals surface area contributed by atoms with E-state index in [2.05, 4.69) is 26.9 Å². The van der Waals surface area contributed by atoms with Gasteiger partial charge in [0.25, 0.3) is 5.91 Å². The first-order valence-electron chi connectivity index (χ1n) is 10.2. The van der Waals surface area contributed by atoms with Gasteiger partial charge >= 0.3 is 5.97 Å². The predicted molar refractivity (Wildman–Crippen MR) is 114 cm³/mol. The molecule has 3 aromatic rings. The number of carbonyl (C=O) groups is 2. The summed E-state index contributed by atoms with van der Waals surface area (Å²) in [5, 5.41) is 14.3. The largest absolute Gasteiger partial charge is 0.451 e. The van der Waals surface area contributed by atoms with Crippen LogP contribution < -0.4 is 5.32 Å². The quantitative estimate of drug-likeness (QED) is 0.489. The normalized spacial score (nSPS) is 15.8. The van der Waals surface area contributed by atoms with E-state index in [-0.39, 0.29) is 24.3 Å². The Hall–Kier alpha value is -3.81. The molecule has 0 saturated carbocycles. The second kappa shape index (κ2) is 9.34. The maximum atomic E-state index is 12.8. The molecule has 0 aliphatic heterocycles. The highest BCUT2D eigenvalue weighted by atomic mass is 16.5. The fraction of sp³-hybridized carbons (Fsp3) is 0.261. The van der Waals surface area contributed by atoms with Gasteiger partial charge in [-0.2, -0.15) is 4.68 Å². The fourth-order valence-corrected chi connectivity index (χ4v) is 3.71. The van der Waals surface area contributed by atoms with Crippen LogP contribution in [0.2, 0.25) is 0 Å². The molecule has 0 fully saturated rings. The van der Waals surface area contributed by atoms with Gasteiger partial charge < -0.3 is 10.1 Å². The lowest BCUT2D eigenvalue weighted by atomic mass is 9.88. The highest BCUT2D eigenvalue weighted by molar-refractivity contribution is 6.15. The first-order chi connectivity index (χ1) is 15.1. The molecule has 158 valence electrons. The minimum Gasteiger partial charge on any atom is -0.451 e. The van der Waals surface area contributed by atoms with Crippen LogP contribution in [0.5, 0.6) is 0 Å². The SMILES string of the molecule is Cc1nnnn1/C(=C\c1ccccc1)C(=O)OCC(=O)NC1CCCc2ccccc21. The molecule has 31 heavy (non-hydrogen) atoms. The van der Waals surface area contributed by atoms with Gasteiger partial charge in [-0.15, -0.1) is 5.10 Å². The summed E-state index contributed by atoms with van der Waals surface area (Å²) in [6.45, 7) is 1.30. The number of fused-ring (bicyclic) bond motifs is 1. The Morgan fingerprint density at radius 1 is 1.16 bits per heavy atom. The Morgan fingerprint density at radius 3 is 2.71 bits per heavy atom. The smallest absolute Gasteiger partial charge is 0.357 e. The number of rotatable bonds is 6. The van der Waals surface area contributed by atoms with E-state index in [0.717, 1.165) is 30.4 Å². The van der Waals surface area contributed by atoms with Crippen LogP contribution in [0.25, 0.3) is 11.8 Å². The standard InChI is InChI=1S/C23H23N5O3/c1-16-25-26-27-28(16)21(14-17-8-3-2-4-9-17)23(30)31-15-22(29)24-20-13-7-11-18-10-5-6-12-19(18)20/h2-6,8-10,12,14,20H,7,11,13,15H2,1H3,(H,24,29)/b21-14-. The van der Waals surface area contributed by atoms with Gasteiger partial charge in [-0.1, -0.05) is 54.6 Å². The molecule has 1 aliphatic rings. The van der Waals surface area contributed by atoms with Crippen LogP contribution in [0.3, 0.4) is 0 Å². The van der Waals surface area contributed by atoms with Gasteiger partial charge in [-0.05, 0) is 59.4 Å². The minimum atomic E-state index is -0.682. The van der Waals surface area contributed by atoms with Gasteiger partial charge in [0.15, 0.2) is 18.1 Å². The average molecular weight is 417 g/mol. The van der Waals surface area contributed by atoms with Crippen LogP contribution in [-0.2, 0) is 20.7 Å². The fourth-order valence-electron chi connectivity index (χ4n) is 3.71. The van der Waals surface area contributed by atoms with Crippen LogP contribution >= 0.6 is 0 Å². The average Bonchev–Trinajstić information content (AvgIpc) is 3.22. The van der Waals surface area contributed by atoms with E-state index in [9.17, 15) is 9.59 Å². The molecule has 0 spiro atoms. The molecule has 0 saturated heterocycles. The zero-order valence-electron chi connectivity index (χ0n) is 17.2. The van der Waals surface area contributed by atoms with E-state index in [4.69, 9.17) is 4.74 Å². The van der Waals surface area contributed by atoms with Gasteiger partial charge in [-0.25, -0.2) is 4.79 Å². The van der Waals surface area contributed by atoms with Crippen LogP contribution in [0.15, 0.2) is 54.6 Å². The third-order valence-corrected chi connectivity index (χ3v) is 5.20. The molecule has 1 unspecified atom stereocenters. The number of nitrogens with one attached hydrogen (secondary N) is 1. The first kappa shape index (κ1) is 20.5. The third kappa shape index (κ3) is 4.85. The van der Waals surface area contributed by atoms with Gasteiger partial charge in [0.1, 0.15) is 0 Å². The predicted octanol–water partition coefficient (Wildman–Crippen LogP) is 2.72. The van der Waals surface area contributed by atoms with Gasteiger partial charge in [0.05, 0.1) is 6.04 Å². The van der Waals surface area contributed by atoms with Crippen LogP contribution in [0.1, 0.15) is 41.4 Å². The number of aromatic nitrogens is 4. The second-order valence-corrected chi connectivity index (χ2v) is 7.37. The number of carbonyl (C=O) groups excluding carboxylic acids is 2. The van der Waals surface area contributed by atoms with Crippen LogP contribution in [0, 0.1) is 6.92 Å². The molecule has 1 amide bonds. The zero-order valence-corrected chi connectivity index (χ0v) is 17.2. The van der Waals surface area contributed by atoms with E-state index in [1.54, 1.807) is 13.0 Å². The van der Waals surface area contributed by atoms with Gasteiger partial charge in [-0.3, -0.25) is 4.79 Å². The summed E-state index contributed by atoms with van der Waals surface area (Å²) >= 11 is 0. The number of aryl methyl sites for hydroxylation is 2. The number of tetrazole rings is 1. The van der Waals surface area contributed by atoms with Crippen LogP contribution in [0.4, 0.5) is 0 Å². The molecule has 1 N–H and O–H groups in total. The zero-order chi connectivity index (χ0) is 21.6. The summed E-state index contributed by atoms with van der Waals surface area (Å²) in [5.74, 6) is -0.594. The highest BCUT2D eigenvalue weighted by Crippen LogP contribution is 2.29. The molecule has 0 radical (unpaired) electrons. The van der Waals surface area contributed by atoms with Crippen molar-refractivity contribution in [2.75, 3.05) is 6.61 Å². The van der Waals surface area contributed by atoms with Crippen molar-refractivity contribution in [2.45, 2.75) is 32.2 Å². The van der Waals surface area contributed by atoms with Crippen LogP contribution in [-0.4, -0.2) is 38.7 Å². The van der Waals surface area contributed by atoms with Crippen molar-refractivity contribution in [1.29, 1.82) is 0 Å². The molecule has 1 aliphatic carbocycles. The van der Waals surface area contributed by atoms with Crippen molar-refractivity contribution in [3.8, 4) is 0 Å². The topological polar surface area (TPSA) is 99.0 Å². The molecule has 2 aromatic carbocycles. The van der Waals surface area contributed by atoms with Crippen molar-refractivity contribution in [1.82, 2.24) is 25.5 Å². The Balaban J connectivity index is 1.44. The number of hydrogen-bond acceptors (Lipinski definition) is 6. The minimum absolute atomic E-state index is 0.0720. The Bertz CT molecular complexity index is 1110. The Morgan fingerprint density at radius 2 is 1.94 bits per heavy atom. The molecule has 1 aromatic heterocycles. The van der Waals surface area contributed by atoms with E-state index in [1.807, 2.05) is 48.5 Å². The summed E-state index contributed by atoms with van der Waals surface area (Å²) in [6.07, 6.45) is 4.50. The molecule has 0 bridgehead atoms. The highest BCUT2D eigenvalue weighted by Gasteiger charge is 2.23. The number of nitrogens with zero attached hydrogens (tertiary/aromatic N) is 4. The summed E-state index contributed by atoms with van der Waals surface area (Å²) in [7, 11) is 0. The number of ether oxygens (including phenoxy) is 1. The molecule has 1 heterocycles. The van der Waals surface area contributed by atoms with Crippen molar-refractivity contribution in [2.24, 2.45) is 0 Å². The molecule has 8 nitrogen and oxygen atoms in total. The number of benzene rings is 2. The second-order valence-electron chi connectivity index (χ2n) is 7.37. The summed E-state index contributed by atoms with van der Waals surface area (Å²) < 4.78 is 6.61. The van der Waals surface area contributed by atoms with Crippen molar-refractivity contribution in [3.63, 3.8) is 0 Å². The number of esters is 1. The number of amides is 1. The molecular formula is C23H23N5O3. The van der Waals surface area contributed by atoms with E-state index >= 15 is 0 Å². The van der Waals surface area contributed by atoms with Crippen molar-refractivity contribution in [3.05, 3.63) is 77.1 Å². The molecule has 1 atom stereocenters. The summed E-state index contributed by atoms with van der Waals surface area (Å²) in [5.41, 5.74) is 3.29. The molecular weight excluding hydrogens is 394 g/mol. The monoisotopic (exact) mass is 417 g/mol.